The van der Waals surface area contributed by atoms with Crippen LogP contribution in [-0.2, 0) is 11.2 Å². The lowest BCUT2D eigenvalue weighted by atomic mass is 9.75. The van der Waals surface area contributed by atoms with Crippen LogP contribution in [0.25, 0.3) is 16.5 Å². The number of H-pyrrole nitrogens is 1. The first-order valence-corrected chi connectivity index (χ1v) is 9.43. The Morgan fingerprint density at radius 2 is 2.20 bits per heavy atom. The van der Waals surface area contributed by atoms with Gasteiger partial charge in [-0.05, 0) is 53.6 Å². The number of aromatic amines is 1. The molecule has 3 atom stereocenters. The van der Waals surface area contributed by atoms with E-state index in [-0.39, 0.29) is 11.8 Å². The molecule has 2 heterocycles. The zero-order valence-corrected chi connectivity index (χ0v) is 15.3. The minimum absolute atomic E-state index is 0.202. The summed E-state index contributed by atoms with van der Waals surface area (Å²) in [4.78, 5) is 17.8. The van der Waals surface area contributed by atoms with Crippen LogP contribution in [0.1, 0.15) is 49.8 Å². The van der Waals surface area contributed by atoms with E-state index in [9.17, 15) is 4.79 Å². The van der Waals surface area contributed by atoms with Crippen molar-refractivity contribution in [2.24, 2.45) is 11.7 Å². The first kappa shape index (κ1) is 16.4. The molecule has 2 unspecified atom stereocenters. The Bertz CT molecular complexity index is 863. The highest BCUT2D eigenvalue weighted by Gasteiger charge is 2.37. The highest BCUT2D eigenvalue weighted by Crippen LogP contribution is 2.44. The summed E-state index contributed by atoms with van der Waals surface area (Å²) in [6.07, 6.45) is 6.43. The van der Waals surface area contributed by atoms with Gasteiger partial charge in [0.1, 0.15) is 0 Å². The molecule has 1 aromatic carbocycles. The van der Waals surface area contributed by atoms with Crippen LogP contribution in [-0.4, -0.2) is 34.9 Å². The summed E-state index contributed by atoms with van der Waals surface area (Å²) in [6.45, 7) is 8.36. The Morgan fingerprint density at radius 1 is 1.40 bits per heavy atom. The van der Waals surface area contributed by atoms with E-state index in [0.29, 0.717) is 12.0 Å². The number of aromatic nitrogens is 1. The summed E-state index contributed by atoms with van der Waals surface area (Å²) in [5, 5.41) is 1.35. The number of amides is 1. The van der Waals surface area contributed by atoms with Crippen molar-refractivity contribution in [2.45, 2.75) is 45.6 Å². The molecular formula is C21H27N3O. The van der Waals surface area contributed by atoms with Crippen LogP contribution in [0, 0.1) is 5.92 Å². The molecule has 4 nitrogen and oxygen atoms in total. The largest absolute Gasteiger partial charge is 0.369 e. The summed E-state index contributed by atoms with van der Waals surface area (Å²) in [7, 11) is 0. The van der Waals surface area contributed by atoms with Crippen molar-refractivity contribution < 1.29 is 4.79 Å². The van der Waals surface area contributed by atoms with Crippen LogP contribution in [0.5, 0.6) is 0 Å². The fourth-order valence-electron chi connectivity index (χ4n) is 4.59. The van der Waals surface area contributed by atoms with Crippen molar-refractivity contribution >= 4 is 22.4 Å². The lowest BCUT2D eigenvalue weighted by molar-refractivity contribution is -0.121. The third kappa shape index (κ3) is 2.43. The van der Waals surface area contributed by atoms with Crippen molar-refractivity contribution in [1.29, 1.82) is 0 Å². The normalized spacial score (nSPS) is 24.0. The molecule has 3 N–H and O–H groups in total. The van der Waals surface area contributed by atoms with E-state index < -0.39 is 0 Å². The van der Waals surface area contributed by atoms with Crippen molar-refractivity contribution in [3.8, 4) is 0 Å². The number of nitrogens with one attached hydrogen (secondary N) is 1. The molecule has 2 aromatic rings. The van der Waals surface area contributed by atoms with Crippen LogP contribution < -0.4 is 5.73 Å². The molecule has 0 fully saturated rings. The third-order valence-corrected chi connectivity index (χ3v) is 6.19. The fraction of sp³-hybridized carbons (Fsp3) is 0.476. The van der Waals surface area contributed by atoms with E-state index in [2.05, 4.69) is 55.1 Å². The number of carbonyl (C=O) groups is 1. The number of hydrogen-bond acceptors (Lipinski definition) is 2. The molecule has 2 aliphatic rings. The second-order valence-corrected chi connectivity index (χ2v) is 7.51. The Hall–Kier alpha value is -2.07. The maximum Gasteiger partial charge on any atom is 0.225 e. The van der Waals surface area contributed by atoms with Crippen molar-refractivity contribution in [3.05, 3.63) is 41.1 Å². The van der Waals surface area contributed by atoms with Gasteiger partial charge in [0.25, 0.3) is 0 Å². The van der Waals surface area contributed by atoms with Gasteiger partial charge in [0, 0.05) is 29.7 Å². The van der Waals surface area contributed by atoms with Gasteiger partial charge in [-0.3, -0.25) is 9.69 Å². The molecule has 0 bridgehead atoms. The Morgan fingerprint density at radius 3 is 2.88 bits per heavy atom. The number of hydrogen-bond donors (Lipinski definition) is 2. The molecule has 25 heavy (non-hydrogen) atoms. The molecule has 0 spiro atoms. The Balaban J connectivity index is 1.99. The third-order valence-electron chi connectivity index (χ3n) is 6.19. The first-order chi connectivity index (χ1) is 12.0. The van der Waals surface area contributed by atoms with E-state index >= 15 is 0 Å². The predicted molar refractivity (Wildman–Crippen MR) is 102 cm³/mol. The zero-order chi connectivity index (χ0) is 17.7. The Kier molecular flexibility index (Phi) is 3.95. The van der Waals surface area contributed by atoms with Crippen LogP contribution in [0.3, 0.4) is 0 Å². The minimum atomic E-state index is -0.221. The molecule has 4 heteroatoms. The number of primary amides is 1. The van der Waals surface area contributed by atoms with Gasteiger partial charge in [-0.15, -0.1) is 0 Å². The molecule has 0 saturated heterocycles. The second-order valence-electron chi connectivity index (χ2n) is 7.51. The summed E-state index contributed by atoms with van der Waals surface area (Å²) in [5.74, 6) is 0.0686. The first-order valence-electron chi connectivity index (χ1n) is 9.43. The summed E-state index contributed by atoms with van der Waals surface area (Å²) in [6, 6.07) is 4.81. The molecule has 1 aliphatic heterocycles. The average Bonchev–Trinajstić information content (AvgIpc) is 3.04. The van der Waals surface area contributed by atoms with E-state index in [1.54, 1.807) is 0 Å². The SMILES string of the molecule is CC[C@@H](C)c1ccc2[nH]cc3c2c1C1=CC(C(N)=O)CN(CC)C1C3. The quantitative estimate of drug-likeness (QED) is 0.898. The summed E-state index contributed by atoms with van der Waals surface area (Å²) < 4.78 is 0. The van der Waals surface area contributed by atoms with Gasteiger partial charge in [-0.1, -0.05) is 32.9 Å². The van der Waals surface area contributed by atoms with Crippen molar-refractivity contribution in [2.75, 3.05) is 13.1 Å². The molecule has 1 amide bonds. The second kappa shape index (κ2) is 6.03. The van der Waals surface area contributed by atoms with Gasteiger partial charge in [0.05, 0.1) is 5.92 Å². The smallest absolute Gasteiger partial charge is 0.225 e. The van der Waals surface area contributed by atoms with Gasteiger partial charge in [-0.25, -0.2) is 0 Å². The maximum absolute atomic E-state index is 11.9. The summed E-state index contributed by atoms with van der Waals surface area (Å²) in [5.41, 5.74) is 12.3. The summed E-state index contributed by atoms with van der Waals surface area (Å²) >= 11 is 0. The zero-order valence-electron chi connectivity index (χ0n) is 15.3. The minimum Gasteiger partial charge on any atom is -0.369 e. The van der Waals surface area contributed by atoms with E-state index in [0.717, 1.165) is 25.9 Å². The van der Waals surface area contributed by atoms with Crippen LogP contribution in [0.15, 0.2) is 24.4 Å². The number of nitrogens with zero attached hydrogens (tertiary/aromatic N) is 1. The van der Waals surface area contributed by atoms with Gasteiger partial charge in [0.15, 0.2) is 0 Å². The molecule has 1 aromatic heterocycles. The predicted octanol–water partition coefficient (Wildman–Crippen LogP) is 3.43. The van der Waals surface area contributed by atoms with Gasteiger partial charge < -0.3 is 10.7 Å². The lowest BCUT2D eigenvalue weighted by Gasteiger charge is -2.41. The standard InChI is InChI=1S/C21H27N3O/c1-4-12(3)15-6-7-17-19-13(10-23-17)9-18-16(20(15)19)8-14(21(22)25)11-24(18)5-2/h6-8,10,12,14,18,23H,4-5,9,11H2,1-3H3,(H2,22,25)/t12-,14?,18?/m1/s1. The van der Waals surface area contributed by atoms with Gasteiger partial charge >= 0.3 is 0 Å². The number of benzene rings is 1. The van der Waals surface area contributed by atoms with E-state index in [4.69, 9.17) is 5.73 Å². The van der Waals surface area contributed by atoms with Crippen LogP contribution >= 0.6 is 0 Å². The maximum atomic E-state index is 11.9. The average molecular weight is 337 g/mol. The highest BCUT2D eigenvalue weighted by molar-refractivity contribution is 6.00. The lowest BCUT2D eigenvalue weighted by Crippen LogP contribution is -2.47. The molecule has 0 saturated carbocycles. The van der Waals surface area contributed by atoms with E-state index in [1.165, 1.54) is 33.2 Å². The number of nitrogens with two attached hydrogens (primary N) is 1. The van der Waals surface area contributed by atoms with Crippen molar-refractivity contribution in [1.82, 2.24) is 9.88 Å². The highest BCUT2D eigenvalue weighted by atomic mass is 16.1. The number of carbonyl (C=O) groups excluding carboxylic acids is 1. The van der Waals surface area contributed by atoms with Crippen LogP contribution in [0.4, 0.5) is 0 Å². The number of rotatable bonds is 4. The number of fused-ring (bicyclic) bond motifs is 2. The van der Waals surface area contributed by atoms with E-state index in [1.807, 2.05) is 0 Å². The topological polar surface area (TPSA) is 62.1 Å². The fourth-order valence-corrected chi connectivity index (χ4v) is 4.59. The van der Waals surface area contributed by atoms with Gasteiger partial charge in [-0.2, -0.15) is 0 Å². The molecule has 1 aliphatic carbocycles. The molecule has 0 radical (unpaired) electrons. The Labute approximate surface area is 149 Å². The molecule has 132 valence electrons. The monoisotopic (exact) mass is 337 g/mol. The van der Waals surface area contributed by atoms with Gasteiger partial charge in [0.2, 0.25) is 5.91 Å². The number of likely N-dealkylation sites (N-methyl/N-ethyl adjacent to an activating group) is 1. The van der Waals surface area contributed by atoms with Crippen molar-refractivity contribution in [3.63, 3.8) is 0 Å². The van der Waals surface area contributed by atoms with Crippen LogP contribution in [0.2, 0.25) is 0 Å². The molecule has 4 rings (SSSR count). The molecular weight excluding hydrogens is 310 g/mol.